The molecule has 0 radical (unpaired) electrons. The smallest absolute Gasteiger partial charge is 0.420 e. The monoisotopic (exact) mass is 978 g/mol. The van der Waals surface area contributed by atoms with Crippen molar-refractivity contribution < 1.29 is 23.3 Å². The maximum atomic E-state index is 13.7. The molecule has 66 heavy (non-hydrogen) atoms. The Morgan fingerprint density at radius 1 is 0.924 bits per heavy atom. The van der Waals surface area contributed by atoms with E-state index in [1.54, 1.807) is 19.5 Å². The lowest BCUT2D eigenvalue weighted by Gasteiger charge is -2.35. The lowest BCUT2D eigenvalue weighted by molar-refractivity contribution is -0.135. The first-order valence-electron chi connectivity index (χ1n) is 22.8. The number of piperidine rings is 2. The minimum Gasteiger partial charge on any atom is -0.488 e. The molecule has 3 aromatic carbocycles. The van der Waals surface area contributed by atoms with Crippen LogP contribution in [0.4, 0.5) is 28.8 Å². The standard InChI is InChI=1S/C48H56BrN10O6P/c1-5-30-7-10-33-35(53-30)11-12-36(44(33)66(3,4)63)54-45-34(49)27-52-47(57-45)55-37-24-28(2)40(26-41(37)64-32-8-9-32)58-22-17-31(18-23-58)51-21-20-50-19-16-29-6-13-38-42(25-29)65-48(62)59(38)39-14-15-43(60)56-46(39)61/h6-7,10-13,24-27,31-32,39,50-51H,5,8-9,14-23H2,1-4H3,(H,56,60,61)(H2,52,54,55,57). The third-order valence-electron chi connectivity index (χ3n) is 12.5. The van der Waals surface area contributed by atoms with Crippen molar-refractivity contribution in [3.8, 4) is 5.75 Å². The van der Waals surface area contributed by atoms with Gasteiger partial charge in [-0.2, -0.15) is 4.98 Å². The molecule has 18 heteroatoms. The summed E-state index contributed by atoms with van der Waals surface area (Å²) in [4.78, 5) is 53.4. The van der Waals surface area contributed by atoms with E-state index in [1.807, 2.05) is 42.5 Å². The first-order chi connectivity index (χ1) is 31.8. The highest BCUT2D eigenvalue weighted by Gasteiger charge is 2.32. The summed E-state index contributed by atoms with van der Waals surface area (Å²) in [7, 11) is -2.74. The van der Waals surface area contributed by atoms with E-state index >= 15 is 0 Å². The Morgan fingerprint density at radius 3 is 2.50 bits per heavy atom. The Bertz CT molecular complexity index is 2920. The molecule has 1 aliphatic carbocycles. The number of anilines is 5. The van der Waals surface area contributed by atoms with Gasteiger partial charge in [0.2, 0.25) is 17.8 Å². The number of benzene rings is 3. The Labute approximate surface area is 391 Å². The number of pyridine rings is 1. The van der Waals surface area contributed by atoms with Gasteiger partial charge in [0.05, 0.1) is 33.0 Å². The number of amides is 2. The first-order valence-corrected chi connectivity index (χ1v) is 26.2. The number of rotatable bonds is 17. The normalized spacial score (nSPS) is 17.1. The lowest BCUT2D eigenvalue weighted by Crippen LogP contribution is -2.44. The van der Waals surface area contributed by atoms with Crippen molar-refractivity contribution in [1.82, 2.24) is 35.5 Å². The quantitative estimate of drug-likeness (QED) is 0.0349. The van der Waals surface area contributed by atoms with Crippen LogP contribution in [0.1, 0.15) is 68.3 Å². The number of aromatic nitrogens is 4. The summed E-state index contributed by atoms with van der Waals surface area (Å²) in [6.07, 6.45) is 8.01. The summed E-state index contributed by atoms with van der Waals surface area (Å²) >= 11 is 3.63. The highest BCUT2D eigenvalue weighted by Crippen LogP contribution is 2.43. The van der Waals surface area contributed by atoms with Gasteiger partial charge in [0, 0.05) is 73.0 Å². The highest BCUT2D eigenvalue weighted by atomic mass is 79.9. The maximum Gasteiger partial charge on any atom is 0.420 e. The summed E-state index contributed by atoms with van der Waals surface area (Å²) in [5, 5.41) is 18.1. The number of aryl methyl sites for hydroxylation is 2. The Morgan fingerprint density at radius 2 is 1.74 bits per heavy atom. The van der Waals surface area contributed by atoms with Gasteiger partial charge in [-0.25, -0.2) is 9.78 Å². The molecule has 346 valence electrons. The van der Waals surface area contributed by atoms with E-state index < -0.39 is 24.8 Å². The zero-order valence-electron chi connectivity index (χ0n) is 37.7. The molecule has 2 amide bonds. The summed E-state index contributed by atoms with van der Waals surface area (Å²) in [6.45, 7) is 12.0. The molecule has 3 fully saturated rings. The second kappa shape index (κ2) is 19.3. The number of oxazole rings is 1. The van der Waals surface area contributed by atoms with Crippen molar-refractivity contribution in [3.63, 3.8) is 0 Å². The number of nitrogens with zero attached hydrogens (tertiary/aromatic N) is 5. The number of hydrogen-bond acceptors (Lipinski definition) is 14. The molecule has 3 aromatic heterocycles. The molecule has 2 saturated heterocycles. The fourth-order valence-corrected chi connectivity index (χ4v) is 10.7. The molecular formula is C48H56BrN10O6P. The lowest BCUT2D eigenvalue weighted by atomic mass is 10.0. The summed E-state index contributed by atoms with van der Waals surface area (Å²) in [5.41, 5.74) is 7.62. The van der Waals surface area contributed by atoms with E-state index in [4.69, 9.17) is 19.1 Å². The topological polar surface area (TPSA) is 198 Å². The van der Waals surface area contributed by atoms with E-state index in [2.05, 4.69) is 78.4 Å². The Hall–Kier alpha value is -5.61. The third-order valence-corrected chi connectivity index (χ3v) is 14.7. The predicted molar refractivity (Wildman–Crippen MR) is 263 cm³/mol. The number of fused-ring (bicyclic) bond motifs is 2. The second-order valence-electron chi connectivity index (χ2n) is 17.9. The summed E-state index contributed by atoms with van der Waals surface area (Å²) in [6, 6.07) is 17.5. The van der Waals surface area contributed by atoms with E-state index in [0.29, 0.717) is 39.1 Å². The molecule has 6 aromatic rings. The van der Waals surface area contributed by atoms with Crippen LogP contribution in [0.25, 0.3) is 22.0 Å². The van der Waals surface area contributed by atoms with Gasteiger partial charge in [-0.05, 0) is 135 Å². The third kappa shape index (κ3) is 10.2. The fourth-order valence-electron chi connectivity index (χ4n) is 8.96. The van der Waals surface area contributed by atoms with Gasteiger partial charge in [-0.15, -0.1) is 0 Å². The molecule has 2 aliphatic heterocycles. The number of halogens is 1. The summed E-state index contributed by atoms with van der Waals surface area (Å²) in [5.74, 6) is 0.312. The largest absolute Gasteiger partial charge is 0.488 e. The summed E-state index contributed by atoms with van der Waals surface area (Å²) < 4.78 is 27.7. The zero-order valence-corrected chi connectivity index (χ0v) is 40.2. The van der Waals surface area contributed by atoms with Crippen molar-refractivity contribution in [1.29, 1.82) is 0 Å². The number of imide groups is 1. The van der Waals surface area contributed by atoms with Crippen LogP contribution in [0.5, 0.6) is 5.75 Å². The number of nitrogens with one attached hydrogen (secondary N) is 5. The van der Waals surface area contributed by atoms with Crippen LogP contribution in [0.3, 0.4) is 0 Å². The minimum absolute atomic E-state index is 0.185. The molecule has 0 bridgehead atoms. The van der Waals surface area contributed by atoms with Crippen LogP contribution in [0.2, 0.25) is 0 Å². The molecule has 1 unspecified atom stereocenters. The number of hydrogen-bond donors (Lipinski definition) is 5. The molecule has 9 rings (SSSR count). The first kappa shape index (κ1) is 45.5. The van der Waals surface area contributed by atoms with Crippen LogP contribution in [-0.4, -0.2) is 89.5 Å². The van der Waals surface area contributed by atoms with Crippen LogP contribution in [0.15, 0.2) is 74.5 Å². The zero-order chi connectivity index (χ0) is 46.1. The molecule has 1 atom stereocenters. The van der Waals surface area contributed by atoms with Crippen molar-refractivity contribution in [2.45, 2.75) is 83.4 Å². The van der Waals surface area contributed by atoms with Gasteiger partial charge < -0.3 is 39.9 Å². The molecule has 5 N–H and O–H groups in total. The van der Waals surface area contributed by atoms with Crippen molar-refractivity contribution in [2.75, 3.05) is 61.6 Å². The number of carbonyl (C=O) groups excluding carboxylic acids is 2. The average Bonchev–Trinajstić information content (AvgIpc) is 4.05. The number of ether oxygens (including phenoxy) is 1. The minimum atomic E-state index is -2.74. The SMILES string of the molecule is CCc1ccc2c(P(C)(C)=O)c(Nc3nc(Nc4cc(C)c(N5CCC(NCCNCCc6ccc7c(c6)oc(=O)n7C6CCC(=O)NC6=O)CC5)cc4OC4CC4)ncc3Br)ccc2n1. The Kier molecular flexibility index (Phi) is 13.3. The van der Waals surface area contributed by atoms with Crippen molar-refractivity contribution >= 4 is 91.0 Å². The molecule has 16 nitrogen and oxygen atoms in total. The average molecular weight is 980 g/mol. The van der Waals surface area contributed by atoms with E-state index in [0.717, 1.165) is 121 Å². The Balaban J connectivity index is 0.785. The van der Waals surface area contributed by atoms with Gasteiger partial charge in [0.25, 0.3) is 0 Å². The highest BCUT2D eigenvalue weighted by molar-refractivity contribution is 9.10. The van der Waals surface area contributed by atoms with Gasteiger partial charge in [0.1, 0.15) is 24.8 Å². The fraction of sp³-hybridized carbons (Fsp3) is 0.417. The van der Waals surface area contributed by atoms with E-state index in [-0.39, 0.29) is 24.9 Å². The molecule has 3 aliphatic rings. The molecule has 5 heterocycles. The van der Waals surface area contributed by atoms with Gasteiger partial charge in [-0.1, -0.05) is 19.1 Å². The second-order valence-corrected chi connectivity index (χ2v) is 21.9. The van der Waals surface area contributed by atoms with Gasteiger partial charge in [-0.3, -0.25) is 24.5 Å². The van der Waals surface area contributed by atoms with Crippen LogP contribution >= 0.6 is 23.1 Å². The van der Waals surface area contributed by atoms with E-state index in [9.17, 15) is 18.9 Å². The van der Waals surface area contributed by atoms with Crippen LogP contribution < -0.4 is 47.3 Å². The molecule has 0 spiro atoms. The molecule has 1 saturated carbocycles. The van der Waals surface area contributed by atoms with E-state index in [1.165, 1.54) is 4.57 Å². The van der Waals surface area contributed by atoms with Gasteiger partial charge in [0.15, 0.2) is 5.58 Å². The van der Waals surface area contributed by atoms with Gasteiger partial charge >= 0.3 is 5.76 Å². The van der Waals surface area contributed by atoms with Crippen molar-refractivity contribution in [2.24, 2.45) is 0 Å². The van der Waals surface area contributed by atoms with Crippen LogP contribution in [-0.2, 0) is 27.0 Å². The van der Waals surface area contributed by atoms with Crippen molar-refractivity contribution in [3.05, 3.63) is 92.6 Å². The maximum absolute atomic E-state index is 13.7. The predicted octanol–water partition coefficient (Wildman–Crippen LogP) is 7.21. The molecular weight excluding hydrogens is 923 g/mol. The van der Waals surface area contributed by atoms with Crippen LogP contribution in [0, 0.1) is 6.92 Å². The number of carbonyl (C=O) groups is 2.